The van der Waals surface area contributed by atoms with Crippen molar-refractivity contribution in [1.82, 2.24) is 4.90 Å². The number of carbonyl (C=O) groups excluding carboxylic acids is 1. The minimum Gasteiger partial charge on any atom is -0.481 e. The average Bonchev–Trinajstić information content (AvgIpc) is 2.30. The van der Waals surface area contributed by atoms with Crippen molar-refractivity contribution in [2.24, 2.45) is 5.92 Å². The topological polar surface area (TPSA) is 69.6 Å². The Hall–Kier alpha value is -1.95. The number of aliphatic carboxylic acids is 1. The average molecular weight is 280 g/mol. The summed E-state index contributed by atoms with van der Waals surface area (Å²) in [5.74, 6) is -1.30. The third kappa shape index (κ3) is 3.77. The normalized spacial score (nSPS) is 15.7. The van der Waals surface area contributed by atoms with E-state index in [4.69, 9.17) is 5.11 Å². The van der Waals surface area contributed by atoms with Crippen molar-refractivity contribution in [3.8, 4) is 0 Å². The number of nitrogens with one attached hydrogen (secondary N) is 1. The molecule has 0 spiro atoms. The second-order valence-corrected chi connectivity index (χ2v) is 5.17. The Morgan fingerprint density at radius 2 is 2.15 bits per heavy atom. The Kier molecular flexibility index (Phi) is 4.34. The van der Waals surface area contributed by atoms with Gasteiger partial charge in [0.25, 0.3) is 0 Å². The highest BCUT2D eigenvalue weighted by molar-refractivity contribution is 5.93. The fraction of sp³-hybridized carbons (Fsp3) is 0.429. The molecule has 0 radical (unpaired) electrons. The fourth-order valence-corrected chi connectivity index (χ4v) is 2.30. The molecule has 1 saturated heterocycles. The number of halogens is 1. The Morgan fingerprint density at radius 3 is 2.80 bits per heavy atom. The highest BCUT2D eigenvalue weighted by atomic mass is 19.1. The SMILES string of the molecule is Cc1ccc(F)cc1NC(=O)CN1CC(CC(=O)O)C1. The van der Waals surface area contributed by atoms with Gasteiger partial charge in [0.1, 0.15) is 5.82 Å². The van der Waals surface area contributed by atoms with Crippen molar-refractivity contribution in [1.29, 1.82) is 0 Å². The summed E-state index contributed by atoms with van der Waals surface area (Å²) in [6.07, 6.45) is 0.140. The molecule has 1 heterocycles. The van der Waals surface area contributed by atoms with Gasteiger partial charge in [-0.05, 0) is 30.5 Å². The van der Waals surface area contributed by atoms with Gasteiger partial charge in [0.2, 0.25) is 5.91 Å². The third-order valence-electron chi connectivity index (χ3n) is 3.34. The van der Waals surface area contributed by atoms with Crippen molar-refractivity contribution >= 4 is 17.6 Å². The second kappa shape index (κ2) is 6.00. The smallest absolute Gasteiger partial charge is 0.303 e. The van der Waals surface area contributed by atoms with Crippen LogP contribution in [-0.2, 0) is 9.59 Å². The first-order chi connectivity index (χ1) is 9.44. The number of carboxylic acids is 1. The largest absolute Gasteiger partial charge is 0.481 e. The predicted octanol–water partition coefficient (Wildman–Crippen LogP) is 1.48. The number of likely N-dealkylation sites (tertiary alicyclic amines) is 1. The Balaban J connectivity index is 1.79. The van der Waals surface area contributed by atoms with E-state index in [-0.39, 0.29) is 24.8 Å². The van der Waals surface area contributed by atoms with E-state index in [9.17, 15) is 14.0 Å². The lowest BCUT2D eigenvalue weighted by molar-refractivity contribution is -0.139. The molecule has 1 aliphatic rings. The summed E-state index contributed by atoms with van der Waals surface area (Å²) in [6.45, 7) is 3.22. The van der Waals surface area contributed by atoms with Gasteiger partial charge in [-0.1, -0.05) is 6.07 Å². The highest BCUT2D eigenvalue weighted by Gasteiger charge is 2.29. The van der Waals surface area contributed by atoms with Crippen LogP contribution < -0.4 is 5.32 Å². The van der Waals surface area contributed by atoms with Crippen LogP contribution in [0.1, 0.15) is 12.0 Å². The van der Waals surface area contributed by atoms with Crippen molar-refractivity contribution < 1.29 is 19.1 Å². The lowest BCUT2D eigenvalue weighted by atomic mass is 9.96. The number of anilines is 1. The van der Waals surface area contributed by atoms with Crippen molar-refractivity contribution in [3.05, 3.63) is 29.6 Å². The number of benzene rings is 1. The van der Waals surface area contributed by atoms with Gasteiger partial charge in [-0.25, -0.2) is 4.39 Å². The third-order valence-corrected chi connectivity index (χ3v) is 3.34. The molecule has 6 heteroatoms. The van der Waals surface area contributed by atoms with Crippen LogP contribution in [0.25, 0.3) is 0 Å². The summed E-state index contributed by atoms with van der Waals surface area (Å²) in [7, 11) is 0. The molecule has 1 amide bonds. The standard InChI is InChI=1S/C14H17FN2O3/c1-9-2-3-11(15)5-12(9)16-13(18)8-17-6-10(7-17)4-14(19)20/h2-3,5,10H,4,6-8H2,1H3,(H,16,18)(H,19,20). The van der Waals surface area contributed by atoms with E-state index < -0.39 is 11.8 Å². The van der Waals surface area contributed by atoms with E-state index in [0.29, 0.717) is 18.8 Å². The van der Waals surface area contributed by atoms with Crippen molar-refractivity contribution in [2.45, 2.75) is 13.3 Å². The zero-order chi connectivity index (χ0) is 14.7. The molecule has 5 nitrogen and oxygen atoms in total. The van der Waals surface area contributed by atoms with E-state index in [1.165, 1.54) is 12.1 Å². The van der Waals surface area contributed by atoms with Gasteiger partial charge in [0.05, 0.1) is 13.0 Å². The molecule has 1 fully saturated rings. The van der Waals surface area contributed by atoms with E-state index in [1.807, 2.05) is 4.90 Å². The molecule has 0 saturated carbocycles. The molecule has 0 bridgehead atoms. The maximum Gasteiger partial charge on any atom is 0.303 e. The zero-order valence-corrected chi connectivity index (χ0v) is 11.2. The number of hydrogen-bond acceptors (Lipinski definition) is 3. The molecule has 2 N–H and O–H groups in total. The summed E-state index contributed by atoms with van der Waals surface area (Å²) in [6, 6.07) is 4.24. The molecule has 108 valence electrons. The van der Waals surface area contributed by atoms with E-state index in [1.54, 1.807) is 13.0 Å². The first-order valence-electron chi connectivity index (χ1n) is 6.44. The van der Waals surface area contributed by atoms with Gasteiger partial charge in [0.15, 0.2) is 0 Å². The molecule has 0 atom stereocenters. The van der Waals surface area contributed by atoms with Crippen LogP contribution >= 0.6 is 0 Å². The van der Waals surface area contributed by atoms with E-state index in [0.717, 1.165) is 5.56 Å². The fourth-order valence-electron chi connectivity index (χ4n) is 2.30. The van der Waals surface area contributed by atoms with E-state index >= 15 is 0 Å². The highest BCUT2D eigenvalue weighted by Crippen LogP contribution is 2.19. The van der Waals surface area contributed by atoms with Gasteiger partial charge in [-0.3, -0.25) is 14.5 Å². The number of hydrogen-bond donors (Lipinski definition) is 2. The van der Waals surface area contributed by atoms with Gasteiger partial charge in [-0.2, -0.15) is 0 Å². The van der Waals surface area contributed by atoms with Crippen LogP contribution in [0.5, 0.6) is 0 Å². The van der Waals surface area contributed by atoms with Crippen LogP contribution in [0.4, 0.5) is 10.1 Å². The van der Waals surface area contributed by atoms with Crippen molar-refractivity contribution in [2.75, 3.05) is 25.0 Å². The van der Waals surface area contributed by atoms with Gasteiger partial charge in [-0.15, -0.1) is 0 Å². The number of amides is 1. The number of aryl methyl sites for hydroxylation is 1. The summed E-state index contributed by atoms with van der Waals surface area (Å²) in [5.41, 5.74) is 1.27. The van der Waals surface area contributed by atoms with Gasteiger partial charge in [0, 0.05) is 18.8 Å². The molecule has 0 unspecified atom stereocenters. The number of rotatable bonds is 5. The minimum absolute atomic E-state index is 0.121. The van der Waals surface area contributed by atoms with Gasteiger partial charge < -0.3 is 10.4 Å². The summed E-state index contributed by atoms with van der Waals surface area (Å²) in [5, 5.41) is 11.3. The quantitative estimate of drug-likeness (QED) is 0.857. The van der Waals surface area contributed by atoms with Crippen LogP contribution in [0.15, 0.2) is 18.2 Å². The molecule has 1 aromatic rings. The molecule has 0 aromatic heterocycles. The van der Waals surface area contributed by atoms with Gasteiger partial charge >= 0.3 is 5.97 Å². The minimum atomic E-state index is -0.811. The van der Waals surface area contributed by atoms with Crippen LogP contribution in [0, 0.1) is 18.7 Å². The Bertz CT molecular complexity index is 527. The molecule has 0 aliphatic carbocycles. The first kappa shape index (κ1) is 14.5. The lowest BCUT2D eigenvalue weighted by Crippen LogP contribution is -2.50. The summed E-state index contributed by atoms with van der Waals surface area (Å²) < 4.78 is 13.1. The zero-order valence-electron chi connectivity index (χ0n) is 11.2. The van der Waals surface area contributed by atoms with Crippen LogP contribution in [-0.4, -0.2) is 41.5 Å². The molecule has 1 aliphatic heterocycles. The molecule has 2 rings (SSSR count). The summed E-state index contributed by atoms with van der Waals surface area (Å²) >= 11 is 0. The van der Waals surface area contributed by atoms with Crippen LogP contribution in [0.2, 0.25) is 0 Å². The maximum absolute atomic E-state index is 13.1. The Morgan fingerprint density at radius 1 is 1.45 bits per heavy atom. The predicted molar refractivity (Wildman–Crippen MR) is 71.9 cm³/mol. The molecular formula is C14H17FN2O3. The molecular weight excluding hydrogens is 263 g/mol. The summed E-state index contributed by atoms with van der Waals surface area (Å²) in [4.78, 5) is 24.2. The monoisotopic (exact) mass is 280 g/mol. The van der Waals surface area contributed by atoms with Crippen molar-refractivity contribution in [3.63, 3.8) is 0 Å². The number of nitrogens with zero attached hydrogens (tertiary/aromatic N) is 1. The van der Waals surface area contributed by atoms with Crippen LogP contribution in [0.3, 0.4) is 0 Å². The molecule has 1 aromatic carbocycles. The Labute approximate surface area is 116 Å². The lowest BCUT2D eigenvalue weighted by Gasteiger charge is -2.37. The molecule has 20 heavy (non-hydrogen) atoms. The first-order valence-corrected chi connectivity index (χ1v) is 6.44. The second-order valence-electron chi connectivity index (χ2n) is 5.17. The number of carbonyl (C=O) groups is 2. The number of carboxylic acid groups (broad SMARTS) is 1. The van der Waals surface area contributed by atoms with E-state index in [2.05, 4.69) is 5.32 Å². The maximum atomic E-state index is 13.1.